The van der Waals surface area contributed by atoms with Crippen LogP contribution in [0.5, 0.6) is 0 Å². The summed E-state index contributed by atoms with van der Waals surface area (Å²) in [5.41, 5.74) is 0.870. The molecule has 0 aliphatic carbocycles. The SMILES string of the molecule is C=CC(=O)Nc1ccc(C(=O)NCc2ccc(Cl)cc2)c(C(=O)O)c1. The molecule has 2 amide bonds. The molecule has 0 aromatic heterocycles. The lowest BCUT2D eigenvalue weighted by Gasteiger charge is -2.10. The number of hydrogen-bond acceptors (Lipinski definition) is 3. The summed E-state index contributed by atoms with van der Waals surface area (Å²) in [7, 11) is 0. The Morgan fingerprint density at radius 1 is 1.08 bits per heavy atom. The first-order valence-electron chi connectivity index (χ1n) is 7.24. The van der Waals surface area contributed by atoms with Gasteiger partial charge in [0, 0.05) is 17.3 Å². The van der Waals surface area contributed by atoms with Crippen molar-refractivity contribution in [1.29, 1.82) is 0 Å². The number of carboxylic acid groups (broad SMARTS) is 1. The van der Waals surface area contributed by atoms with E-state index in [1.54, 1.807) is 24.3 Å². The standard InChI is InChI=1S/C18H15ClN2O4/c1-2-16(22)21-13-7-8-14(15(9-13)18(24)25)17(23)20-10-11-3-5-12(19)6-4-11/h2-9H,1,10H2,(H,20,23)(H,21,22)(H,24,25). The first kappa shape index (κ1) is 18.2. The largest absolute Gasteiger partial charge is 0.478 e. The van der Waals surface area contributed by atoms with Crippen molar-refractivity contribution in [2.75, 3.05) is 5.32 Å². The molecule has 2 aromatic rings. The van der Waals surface area contributed by atoms with E-state index in [0.717, 1.165) is 11.6 Å². The zero-order valence-electron chi connectivity index (χ0n) is 13.1. The Labute approximate surface area is 149 Å². The molecule has 0 saturated heterocycles. The zero-order chi connectivity index (χ0) is 18.4. The molecule has 0 heterocycles. The number of halogens is 1. The Morgan fingerprint density at radius 3 is 2.36 bits per heavy atom. The Bertz CT molecular complexity index is 831. The molecule has 0 spiro atoms. The van der Waals surface area contributed by atoms with Gasteiger partial charge in [0.05, 0.1) is 11.1 Å². The number of amides is 2. The monoisotopic (exact) mass is 358 g/mol. The van der Waals surface area contributed by atoms with Crippen molar-refractivity contribution >= 4 is 35.1 Å². The molecular formula is C18H15ClN2O4. The van der Waals surface area contributed by atoms with Crippen molar-refractivity contribution < 1.29 is 19.5 Å². The van der Waals surface area contributed by atoms with Gasteiger partial charge in [-0.2, -0.15) is 0 Å². The fraction of sp³-hybridized carbons (Fsp3) is 0.0556. The number of carbonyl (C=O) groups is 3. The smallest absolute Gasteiger partial charge is 0.336 e. The van der Waals surface area contributed by atoms with Gasteiger partial charge in [-0.15, -0.1) is 0 Å². The molecule has 128 valence electrons. The summed E-state index contributed by atoms with van der Waals surface area (Å²) in [5.74, 6) is -2.28. The van der Waals surface area contributed by atoms with Crippen LogP contribution >= 0.6 is 11.6 Å². The summed E-state index contributed by atoms with van der Waals surface area (Å²) in [6.07, 6.45) is 1.06. The van der Waals surface area contributed by atoms with E-state index in [1.165, 1.54) is 18.2 Å². The second kappa shape index (κ2) is 8.12. The molecule has 2 rings (SSSR count). The fourth-order valence-corrected chi connectivity index (χ4v) is 2.20. The molecule has 3 N–H and O–H groups in total. The van der Waals surface area contributed by atoms with Crippen molar-refractivity contribution in [3.8, 4) is 0 Å². The van der Waals surface area contributed by atoms with Gasteiger partial charge >= 0.3 is 5.97 Å². The van der Waals surface area contributed by atoms with E-state index >= 15 is 0 Å². The van der Waals surface area contributed by atoms with E-state index < -0.39 is 17.8 Å². The maximum Gasteiger partial charge on any atom is 0.336 e. The van der Waals surface area contributed by atoms with Crippen molar-refractivity contribution in [2.45, 2.75) is 6.54 Å². The highest BCUT2D eigenvalue weighted by atomic mass is 35.5. The van der Waals surface area contributed by atoms with Gasteiger partial charge in [-0.25, -0.2) is 4.79 Å². The molecular weight excluding hydrogens is 344 g/mol. The Hall–Kier alpha value is -3.12. The van der Waals surface area contributed by atoms with Gasteiger partial charge in [0.1, 0.15) is 0 Å². The molecule has 0 aliphatic heterocycles. The minimum absolute atomic E-state index is 0.00179. The molecule has 0 bridgehead atoms. The maximum absolute atomic E-state index is 12.3. The van der Waals surface area contributed by atoms with Crippen LogP contribution in [-0.4, -0.2) is 22.9 Å². The van der Waals surface area contributed by atoms with Crippen LogP contribution in [0.15, 0.2) is 55.1 Å². The minimum Gasteiger partial charge on any atom is -0.478 e. The molecule has 0 radical (unpaired) electrons. The van der Waals surface area contributed by atoms with Crippen molar-refractivity contribution in [2.24, 2.45) is 0 Å². The molecule has 7 heteroatoms. The molecule has 0 fully saturated rings. The third-order valence-electron chi connectivity index (χ3n) is 3.31. The molecule has 2 aromatic carbocycles. The molecule has 6 nitrogen and oxygen atoms in total. The van der Waals surface area contributed by atoms with E-state index in [2.05, 4.69) is 17.2 Å². The lowest BCUT2D eigenvalue weighted by Crippen LogP contribution is -2.25. The minimum atomic E-state index is -1.27. The van der Waals surface area contributed by atoms with Crippen LogP contribution in [0.2, 0.25) is 5.02 Å². The van der Waals surface area contributed by atoms with E-state index in [9.17, 15) is 19.5 Å². The summed E-state index contributed by atoms with van der Waals surface area (Å²) >= 11 is 5.80. The molecule has 0 atom stereocenters. The lowest BCUT2D eigenvalue weighted by molar-refractivity contribution is -0.111. The van der Waals surface area contributed by atoms with Crippen molar-refractivity contribution in [3.05, 3.63) is 76.8 Å². The van der Waals surface area contributed by atoms with E-state index in [-0.39, 0.29) is 23.4 Å². The molecule has 0 unspecified atom stereocenters. The summed E-state index contributed by atoms with van der Waals surface area (Å²) in [5, 5.41) is 15.0. The van der Waals surface area contributed by atoms with Gasteiger partial charge in [-0.05, 0) is 42.0 Å². The number of benzene rings is 2. The third-order valence-corrected chi connectivity index (χ3v) is 3.57. The highest BCUT2D eigenvalue weighted by Crippen LogP contribution is 2.17. The number of rotatable bonds is 6. The highest BCUT2D eigenvalue weighted by molar-refractivity contribution is 6.30. The summed E-state index contributed by atoms with van der Waals surface area (Å²) in [6, 6.07) is 10.9. The van der Waals surface area contributed by atoms with Crippen LogP contribution in [0.3, 0.4) is 0 Å². The van der Waals surface area contributed by atoms with Crippen LogP contribution in [0, 0.1) is 0 Å². The first-order valence-corrected chi connectivity index (χ1v) is 7.62. The average Bonchev–Trinajstić information content (AvgIpc) is 2.60. The Morgan fingerprint density at radius 2 is 1.76 bits per heavy atom. The number of nitrogens with one attached hydrogen (secondary N) is 2. The summed E-state index contributed by atoms with van der Waals surface area (Å²) < 4.78 is 0. The number of carbonyl (C=O) groups excluding carboxylic acids is 2. The first-order chi connectivity index (χ1) is 11.9. The van der Waals surface area contributed by atoms with Gasteiger partial charge in [0.15, 0.2) is 0 Å². The zero-order valence-corrected chi connectivity index (χ0v) is 13.8. The number of aromatic carboxylic acids is 1. The van der Waals surface area contributed by atoms with E-state index in [0.29, 0.717) is 5.02 Å². The predicted molar refractivity (Wildman–Crippen MR) is 94.9 cm³/mol. The number of hydrogen-bond donors (Lipinski definition) is 3. The summed E-state index contributed by atoms with van der Waals surface area (Å²) in [4.78, 5) is 35.0. The maximum atomic E-state index is 12.3. The summed E-state index contributed by atoms with van der Waals surface area (Å²) in [6.45, 7) is 3.54. The quantitative estimate of drug-likeness (QED) is 0.691. The Balaban J connectivity index is 2.17. The van der Waals surface area contributed by atoms with Gasteiger partial charge in [0.25, 0.3) is 5.91 Å². The third kappa shape index (κ3) is 4.92. The molecule has 0 aliphatic rings. The van der Waals surface area contributed by atoms with E-state index in [1.807, 2.05) is 0 Å². The lowest BCUT2D eigenvalue weighted by atomic mass is 10.1. The highest BCUT2D eigenvalue weighted by Gasteiger charge is 2.17. The van der Waals surface area contributed by atoms with Crippen LogP contribution in [0.1, 0.15) is 26.3 Å². The fourth-order valence-electron chi connectivity index (χ4n) is 2.07. The average molecular weight is 359 g/mol. The van der Waals surface area contributed by atoms with Crippen molar-refractivity contribution in [3.63, 3.8) is 0 Å². The van der Waals surface area contributed by atoms with Crippen LogP contribution in [0.4, 0.5) is 5.69 Å². The van der Waals surface area contributed by atoms with Gasteiger partial charge < -0.3 is 15.7 Å². The number of carboxylic acids is 1. The normalized spacial score (nSPS) is 9.96. The number of anilines is 1. The molecule has 0 saturated carbocycles. The Kier molecular flexibility index (Phi) is 5.92. The molecule has 25 heavy (non-hydrogen) atoms. The van der Waals surface area contributed by atoms with Gasteiger partial charge in [-0.3, -0.25) is 9.59 Å². The topological polar surface area (TPSA) is 95.5 Å². The van der Waals surface area contributed by atoms with Crippen molar-refractivity contribution in [1.82, 2.24) is 5.32 Å². The predicted octanol–water partition coefficient (Wildman–Crippen LogP) is 3.09. The van der Waals surface area contributed by atoms with Crippen LogP contribution in [0.25, 0.3) is 0 Å². The van der Waals surface area contributed by atoms with Crippen LogP contribution in [-0.2, 0) is 11.3 Å². The van der Waals surface area contributed by atoms with Gasteiger partial charge in [-0.1, -0.05) is 30.3 Å². The second-order valence-electron chi connectivity index (χ2n) is 5.07. The van der Waals surface area contributed by atoms with Gasteiger partial charge in [0.2, 0.25) is 5.91 Å². The van der Waals surface area contributed by atoms with E-state index in [4.69, 9.17) is 11.6 Å². The second-order valence-corrected chi connectivity index (χ2v) is 5.50. The van der Waals surface area contributed by atoms with Crippen LogP contribution < -0.4 is 10.6 Å².